The molecule has 3 heteroatoms. The highest BCUT2D eigenvalue weighted by Gasteiger charge is 2.40. The molecule has 0 bridgehead atoms. The number of rotatable bonds is 6. The van der Waals surface area contributed by atoms with Crippen molar-refractivity contribution in [3.8, 4) is 0 Å². The summed E-state index contributed by atoms with van der Waals surface area (Å²) in [6.07, 6.45) is 9.21. The summed E-state index contributed by atoms with van der Waals surface area (Å²) in [6.45, 7) is 18.5. The topological polar surface area (TPSA) is 36.4 Å². The van der Waals surface area contributed by atoms with Gasteiger partial charge in [0.15, 0.2) is 0 Å². The van der Waals surface area contributed by atoms with Crippen molar-refractivity contribution >= 4 is 5.71 Å². The molecule has 0 unspecified atom stereocenters. The van der Waals surface area contributed by atoms with Crippen LogP contribution in [0.4, 0.5) is 0 Å². The summed E-state index contributed by atoms with van der Waals surface area (Å²) in [6, 6.07) is 0. The summed E-state index contributed by atoms with van der Waals surface area (Å²) in [7, 11) is 2.04. The molecular weight excluding hydrogens is 330 g/mol. The van der Waals surface area contributed by atoms with Gasteiger partial charge in [-0.15, -0.1) is 0 Å². The molecule has 0 aromatic carbocycles. The minimum absolute atomic E-state index is 0.165. The first-order valence-corrected chi connectivity index (χ1v) is 10.8. The van der Waals surface area contributed by atoms with Crippen molar-refractivity contribution in [1.82, 2.24) is 10.6 Å². The Morgan fingerprint density at radius 3 is 2.30 bits per heavy atom. The number of allylic oxidation sites excluding steroid dienone is 3. The zero-order chi connectivity index (χ0) is 20.5. The molecule has 1 saturated heterocycles. The van der Waals surface area contributed by atoms with Crippen LogP contribution in [0.3, 0.4) is 0 Å². The highest BCUT2D eigenvalue weighted by Crippen LogP contribution is 2.37. The molecule has 0 radical (unpaired) electrons. The van der Waals surface area contributed by atoms with Gasteiger partial charge in [-0.25, -0.2) is 0 Å². The van der Waals surface area contributed by atoms with E-state index < -0.39 is 0 Å². The first kappa shape index (κ1) is 22.2. The molecule has 2 heterocycles. The van der Waals surface area contributed by atoms with Crippen LogP contribution in [-0.2, 0) is 0 Å². The Morgan fingerprint density at radius 2 is 1.78 bits per heavy atom. The Labute approximate surface area is 168 Å². The van der Waals surface area contributed by atoms with Gasteiger partial charge in [-0.05, 0) is 77.7 Å². The molecule has 2 rings (SSSR count). The van der Waals surface area contributed by atoms with Crippen LogP contribution < -0.4 is 10.6 Å². The van der Waals surface area contributed by atoms with E-state index in [1.165, 1.54) is 41.9 Å². The van der Waals surface area contributed by atoms with E-state index in [9.17, 15) is 0 Å². The second-order valence-electron chi connectivity index (χ2n) is 10.8. The molecule has 0 aromatic rings. The molecule has 0 amide bonds. The Morgan fingerprint density at radius 1 is 1.19 bits per heavy atom. The van der Waals surface area contributed by atoms with Crippen LogP contribution in [-0.4, -0.2) is 23.8 Å². The Hall–Kier alpha value is -1.09. The maximum atomic E-state index is 5.25. The van der Waals surface area contributed by atoms with Crippen LogP contribution in [0.2, 0.25) is 0 Å². The number of hydrogen-bond acceptors (Lipinski definition) is 3. The van der Waals surface area contributed by atoms with Crippen LogP contribution in [0.25, 0.3) is 0 Å². The summed E-state index contributed by atoms with van der Waals surface area (Å²) in [5.41, 5.74) is 5.91. The molecule has 2 aliphatic rings. The molecule has 3 nitrogen and oxygen atoms in total. The van der Waals surface area contributed by atoms with Crippen molar-refractivity contribution in [1.29, 1.82) is 0 Å². The zero-order valence-corrected chi connectivity index (χ0v) is 19.3. The highest BCUT2D eigenvalue weighted by molar-refractivity contribution is 5.89. The lowest BCUT2D eigenvalue weighted by Crippen LogP contribution is -2.58. The second-order valence-corrected chi connectivity index (χ2v) is 10.8. The van der Waals surface area contributed by atoms with Gasteiger partial charge in [0.05, 0.1) is 5.70 Å². The van der Waals surface area contributed by atoms with Crippen LogP contribution in [0, 0.1) is 11.3 Å². The molecule has 1 fully saturated rings. The molecule has 154 valence electrons. The fourth-order valence-electron chi connectivity index (χ4n) is 4.73. The standard InChI is InChI=1S/C24H43N3/c1-10-22(3,4)14-13-17(2)21-20(25-9)12-11-19(26-21)18-15-23(5,6)27-24(7,8)16-18/h13,18,25,27H,10-12,14-16H2,1-9H3/b17-13+. The summed E-state index contributed by atoms with van der Waals surface area (Å²) >= 11 is 0. The first-order chi connectivity index (χ1) is 12.4. The second kappa shape index (κ2) is 8.11. The van der Waals surface area contributed by atoms with E-state index in [0.29, 0.717) is 11.3 Å². The quantitative estimate of drug-likeness (QED) is 0.600. The summed E-state index contributed by atoms with van der Waals surface area (Å²) < 4.78 is 0. The van der Waals surface area contributed by atoms with Gasteiger partial charge in [-0.2, -0.15) is 0 Å². The third-order valence-corrected chi connectivity index (χ3v) is 6.43. The smallest absolute Gasteiger partial charge is 0.0844 e. The molecule has 0 atom stereocenters. The van der Waals surface area contributed by atoms with Gasteiger partial charge < -0.3 is 10.6 Å². The molecule has 27 heavy (non-hydrogen) atoms. The van der Waals surface area contributed by atoms with Crippen LogP contribution in [0.1, 0.15) is 93.9 Å². The predicted octanol–water partition coefficient (Wildman–Crippen LogP) is 5.98. The third kappa shape index (κ3) is 5.94. The monoisotopic (exact) mass is 373 g/mol. The highest BCUT2D eigenvalue weighted by atomic mass is 15.1. The Kier molecular flexibility index (Phi) is 6.67. The van der Waals surface area contributed by atoms with E-state index in [0.717, 1.165) is 19.3 Å². The Balaban J connectivity index is 2.30. The number of piperidine rings is 1. The van der Waals surface area contributed by atoms with Gasteiger partial charge in [0.2, 0.25) is 0 Å². The maximum Gasteiger partial charge on any atom is 0.0844 e. The molecule has 2 aliphatic heterocycles. The lowest BCUT2D eigenvalue weighted by Gasteiger charge is -2.47. The van der Waals surface area contributed by atoms with Gasteiger partial charge in [-0.3, -0.25) is 4.99 Å². The van der Waals surface area contributed by atoms with Gasteiger partial charge in [0, 0.05) is 35.5 Å². The largest absolute Gasteiger partial charge is 0.390 e. The minimum Gasteiger partial charge on any atom is -0.390 e. The van der Waals surface area contributed by atoms with Crippen molar-refractivity contribution < 1.29 is 0 Å². The molecular formula is C24H43N3. The van der Waals surface area contributed by atoms with Crippen molar-refractivity contribution in [2.75, 3.05) is 7.05 Å². The van der Waals surface area contributed by atoms with Gasteiger partial charge in [0.1, 0.15) is 0 Å². The molecule has 0 spiro atoms. The van der Waals surface area contributed by atoms with E-state index in [4.69, 9.17) is 4.99 Å². The van der Waals surface area contributed by atoms with Crippen molar-refractivity contribution in [3.05, 3.63) is 23.0 Å². The molecule has 0 aliphatic carbocycles. The van der Waals surface area contributed by atoms with Gasteiger partial charge in [-0.1, -0.05) is 33.3 Å². The van der Waals surface area contributed by atoms with Gasteiger partial charge >= 0.3 is 0 Å². The lowest BCUT2D eigenvalue weighted by molar-refractivity contribution is 0.157. The average Bonchev–Trinajstić information content (AvgIpc) is 2.56. The SMILES string of the molecule is CCC(C)(C)C/C=C(\C)C1=C(NC)CCC(C2CC(C)(C)NC(C)(C)C2)=N1. The third-order valence-electron chi connectivity index (χ3n) is 6.43. The fraction of sp³-hybridized carbons (Fsp3) is 0.792. The zero-order valence-electron chi connectivity index (χ0n) is 19.3. The van der Waals surface area contributed by atoms with Crippen LogP contribution in [0.15, 0.2) is 28.0 Å². The minimum atomic E-state index is 0.165. The van der Waals surface area contributed by atoms with Crippen molar-refractivity contribution in [2.45, 2.75) is 105 Å². The Bertz CT molecular complexity index is 616. The van der Waals surface area contributed by atoms with Crippen molar-refractivity contribution in [2.24, 2.45) is 16.3 Å². The number of hydrogen-bond donors (Lipinski definition) is 2. The number of nitrogens with one attached hydrogen (secondary N) is 2. The molecule has 2 N–H and O–H groups in total. The normalized spacial score (nSPS) is 24.0. The van der Waals surface area contributed by atoms with E-state index in [1.54, 1.807) is 0 Å². The van der Waals surface area contributed by atoms with Crippen molar-refractivity contribution in [3.63, 3.8) is 0 Å². The van der Waals surface area contributed by atoms with Crippen LogP contribution >= 0.6 is 0 Å². The molecule has 0 aromatic heterocycles. The number of aliphatic imine (C=N–C) groups is 1. The summed E-state index contributed by atoms with van der Waals surface area (Å²) in [5.74, 6) is 0.574. The van der Waals surface area contributed by atoms with Gasteiger partial charge in [0.25, 0.3) is 0 Å². The lowest BCUT2D eigenvalue weighted by atomic mass is 9.73. The maximum absolute atomic E-state index is 5.25. The summed E-state index contributed by atoms with van der Waals surface area (Å²) in [5, 5.41) is 7.23. The first-order valence-electron chi connectivity index (χ1n) is 10.8. The summed E-state index contributed by atoms with van der Waals surface area (Å²) in [4.78, 5) is 5.25. The average molecular weight is 374 g/mol. The number of nitrogens with zero attached hydrogens (tertiary/aromatic N) is 1. The van der Waals surface area contributed by atoms with Crippen LogP contribution in [0.5, 0.6) is 0 Å². The van der Waals surface area contributed by atoms with E-state index in [-0.39, 0.29) is 11.1 Å². The van der Waals surface area contributed by atoms with E-state index in [1.807, 2.05) is 7.05 Å². The predicted molar refractivity (Wildman–Crippen MR) is 119 cm³/mol. The molecule has 0 saturated carbocycles. The fourth-order valence-corrected chi connectivity index (χ4v) is 4.73. The van der Waals surface area contributed by atoms with E-state index in [2.05, 4.69) is 72.1 Å². The van der Waals surface area contributed by atoms with E-state index >= 15 is 0 Å².